The van der Waals surface area contributed by atoms with E-state index in [1.54, 1.807) is 0 Å². The number of carbonyl (C=O) groups excluding carboxylic acids is 1. The summed E-state index contributed by atoms with van der Waals surface area (Å²) in [5.74, 6) is 2.62. The Labute approximate surface area is 177 Å². The number of amides is 1. The second-order valence-electron chi connectivity index (χ2n) is 11.8. The fourth-order valence-corrected chi connectivity index (χ4v) is 8.74. The fraction of sp³-hybridized carbons (Fsp3) is 0.875. The number of nitrogens with zero attached hydrogens (tertiary/aromatic N) is 1. The Hall–Kier alpha value is -0.730. The van der Waals surface area contributed by atoms with Crippen LogP contribution in [0.5, 0.6) is 0 Å². The molecule has 0 radical (unpaired) electrons. The van der Waals surface area contributed by atoms with Crippen molar-refractivity contribution in [2.75, 3.05) is 0 Å². The van der Waals surface area contributed by atoms with Crippen molar-refractivity contribution in [3.63, 3.8) is 0 Å². The van der Waals surface area contributed by atoms with Gasteiger partial charge >= 0.3 is 8.03 Å². The van der Waals surface area contributed by atoms with Crippen LogP contribution in [0.3, 0.4) is 0 Å². The lowest BCUT2D eigenvalue weighted by Crippen LogP contribution is -2.57. The van der Waals surface area contributed by atoms with Crippen molar-refractivity contribution in [3.05, 3.63) is 11.4 Å². The Morgan fingerprint density at radius 2 is 1.76 bits per heavy atom. The van der Waals surface area contributed by atoms with Crippen LogP contribution in [0.1, 0.15) is 86.0 Å². The van der Waals surface area contributed by atoms with Gasteiger partial charge in [-0.15, -0.1) is 0 Å². The highest BCUT2D eigenvalue weighted by molar-refractivity contribution is 7.43. The standard InChI is InChI=1S/C24H38NO3P/c1-22(2,3)25(15-26)21-9-8-19-18-7-6-16-14-17(29(27)28)10-12-23(16,4)20(18)11-13-24(19,21)5/h14-16,18-21H,6-13H2,1-5H3/p+1/t16-,18-,19-,20-,21-,23-,24-/m0/s1. The number of rotatable bonds is 3. The molecule has 29 heavy (non-hydrogen) atoms. The first-order chi connectivity index (χ1) is 13.5. The Bertz CT molecular complexity index is 728. The summed E-state index contributed by atoms with van der Waals surface area (Å²) in [7, 11) is -2.16. The van der Waals surface area contributed by atoms with Crippen LogP contribution >= 0.6 is 8.03 Å². The van der Waals surface area contributed by atoms with E-state index in [0.717, 1.165) is 43.3 Å². The summed E-state index contributed by atoms with van der Waals surface area (Å²) in [5, 5.41) is 0.786. The maximum atomic E-state index is 12.0. The lowest BCUT2D eigenvalue weighted by molar-refractivity contribution is -0.135. The fourth-order valence-electron chi connectivity index (χ4n) is 8.13. The molecule has 1 amide bonds. The van der Waals surface area contributed by atoms with E-state index in [1.807, 2.05) is 0 Å². The van der Waals surface area contributed by atoms with E-state index in [4.69, 9.17) is 0 Å². The van der Waals surface area contributed by atoms with E-state index in [1.165, 1.54) is 25.7 Å². The topological polar surface area (TPSA) is 57.6 Å². The van der Waals surface area contributed by atoms with E-state index in [-0.39, 0.29) is 16.4 Å². The molecule has 0 heterocycles. The third-order valence-electron chi connectivity index (χ3n) is 9.68. The first-order valence-corrected chi connectivity index (χ1v) is 12.8. The van der Waals surface area contributed by atoms with Crippen LogP contribution in [0.2, 0.25) is 0 Å². The SMILES string of the molecule is CC(C)(C)N(C=O)[C@H]1CC[C@H]2[C@@H]3CC[C@H]4C=C([P+](=O)O)CC[C@]4(C)[C@H]3CC[C@]12C. The maximum absolute atomic E-state index is 12.0. The average molecular weight is 421 g/mol. The van der Waals surface area contributed by atoms with Crippen LogP contribution < -0.4 is 0 Å². The van der Waals surface area contributed by atoms with Gasteiger partial charge in [-0.1, -0.05) is 13.8 Å². The van der Waals surface area contributed by atoms with Gasteiger partial charge in [-0.3, -0.25) is 4.79 Å². The van der Waals surface area contributed by atoms with Gasteiger partial charge in [0, 0.05) is 18.0 Å². The van der Waals surface area contributed by atoms with Gasteiger partial charge in [0.1, 0.15) is 0 Å². The van der Waals surface area contributed by atoms with Gasteiger partial charge in [0.15, 0.2) is 5.31 Å². The van der Waals surface area contributed by atoms with E-state index in [2.05, 4.69) is 45.6 Å². The molecule has 0 aromatic rings. The lowest BCUT2D eigenvalue weighted by Gasteiger charge is -2.60. The van der Waals surface area contributed by atoms with Gasteiger partial charge in [0.05, 0.1) is 0 Å². The van der Waals surface area contributed by atoms with Crippen molar-refractivity contribution in [2.24, 2.45) is 34.5 Å². The van der Waals surface area contributed by atoms with Gasteiger partial charge in [0.2, 0.25) is 6.41 Å². The smallest absolute Gasteiger partial charge is 0.337 e. The molecule has 1 unspecified atom stereocenters. The van der Waals surface area contributed by atoms with Gasteiger partial charge in [-0.05, 0) is 111 Å². The van der Waals surface area contributed by atoms with Crippen molar-refractivity contribution in [3.8, 4) is 0 Å². The molecule has 8 atom stereocenters. The molecule has 0 bridgehead atoms. The van der Waals surface area contributed by atoms with Crippen LogP contribution in [-0.2, 0) is 9.36 Å². The zero-order valence-electron chi connectivity index (χ0n) is 18.9. The summed E-state index contributed by atoms with van der Waals surface area (Å²) in [6.45, 7) is 11.4. The second-order valence-corrected chi connectivity index (χ2v) is 12.9. The molecular formula is C24H39NO3P+. The normalized spacial score (nSPS) is 44.8. The molecule has 4 rings (SSSR count). The minimum atomic E-state index is -2.16. The van der Waals surface area contributed by atoms with E-state index >= 15 is 0 Å². The molecule has 4 aliphatic carbocycles. The minimum Gasteiger partial charge on any atom is -0.337 e. The second kappa shape index (κ2) is 7.16. The number of allylic oxidation sites excluding steroid dienone is 2. The molecule has 1 N–H and O–H groups in total. The number of carbonyl (C=O) groups is 1. The Morgan fingerprint density at radius 3 is 2.38 bits per heavy atom. The molecule has 0 aromatic carbocycles. The Morgan fingerprint density at radius 1 is 1.07 bits per heavy atom. The molecule has 0 spiro atoms. The van der Waals surface area contributed by atoms with E-state index < -0.39 is 8.03 Å². The summed E-state index contributed by atoms with van der Waals surface area (Å²) in [6.07, 6.45) is 12.3. The number of fused-ring (bicyclic) bond motifs is 5. The zero-order chi connectivity index (χ0) is 21.2. The molecule has 5 heteroatoms. The maximum Gasteiger partial charge on any atom is 0.541 e. The molecule has 0 saturated heterocycles. The molecule has 3 fully saturated rings. The first-order valence-electron chi connectivity index (χ1n) is 11.6. The highest BCUT2D eigenvalue weighted by atomic mass is 31.1. The molecular weight excluding hydrogens is 381 g/mol. The lowest BCUT2D eigenvalue weighted by atomic mass is 9.46. The van der Waals surface area contributed by atoms with Crippen LogP contribution in [0.15, 0.2) is 11.4 Å². The third kappa shape index (κ3) is 3.24. The van der Waals surface area contributed by atoms with Gasteiger partial charge in [0.25, 0.3) is 0 Å². The molecule has 3 saturated carbocycles. The quantitative estimate of drug-likeness (QED) is 0.458. The highest BCUT2D eigenvalue weighted by Crippen LogP contribution is 2.67. The summed E-state index contributed by atoms with van der Waals surface area (Å²) in [5.41, 5.74) is 0.366. The van der Waals surface area contributed by atoms with E-state index in [9.17, 15) is 14.3 Å². The van der Waals surface area contributed by atoms with Crippen molar-refractivity contribution < 1.29 is 14.3 Å². The number of hydrogen-bond acceptors (Lipinski definition) is 2. The Kier molecular flexibility index (Phi) is 5.31. The minimum absolute atomic E-state index is 0.129. The predicted octanol–water partition coefficient (Wildman–Crippen LogP) is 5.88. The summed E-state index contributed by atoms with van der Waals surface area (Å²) < 4.78 is 11.7. The molecule has 4 aliphatic rings. The van der Waals surface area contributed by atoms with Gasteiger partial charge in [-0.2, -0.15) is 4.89 Å². The van der Waals surface area contributed by atoms with Gasteiger partial charge < -0.3 is 4.90 Å². The van der Waals surface area contributed by atoms with Crippen molar-refractivity contribution >= 4 is 14.4 Å². The van der Waals surface area contributed by atoms with Crippen LogP contribution in [-0.4, -0.2) is 27.8 Å². The Balaban J connectivity index is 1.61. The summed E-state index contributed by atoms with van der Waals surface area (Å²) in [6, 6.07) is 0.354. The number of hydrogen-bond donors (Lipinski definition) is 1. The highest BCUT2D eigenvalue weighted by Gasteiger charge is 2.61. The molecule has 162 valence electrons. The molecule has 4 nitrogen and oxygen atoms in total. The summed E-state index contributed by atoms with van der Waals surface area (Å²) in [4.78, 5) is 23.8. The first kappa shape index (κ1) is 21.5. The third-order valence-corrected chi connectivity index (χ3v) is 10.5. The zero-order valence-corrected chi connectivity index (χ0v) is 19.8. The summed E-state index contributed by atoms with van der Waals surface area (Å²) >= 11 is 0. The van der Waals surface area contributed by atoms with Crippen LogP contribution in [0, 0.1) is 34.5 Å². The predicted molar refractivity (Wildman–Crippen MR) is 116 cm³/mol. The van der Waals surface area contributed by atoms with Crippen LogP contribution in [0.25, 0.3) is 0 Å². The van der Waals surface area contributed by atoms with E-state index in [0.29, 0.717) is 23.8 Å². The molecule has 0 aliphatic heterocycles. The van der Waals surface area contributed by atoms with Crippen molar-refractivity contribution in [1.82, 2.24) is 4.90 Å². The largest absolute Gasteiger partial charge is 0.541 e. The average Bonchev–Trinajstić information content (AvgIpc) is 2.97. The van der Waals surface area contributed by atoms with Crippen molar-refractivity contribution in [2.45, 2.75) is 97.6 Å². The molecule has 0 aromatic heterocycles. The van der Waals surface area contributed by atoms with Gasteiger partial charge in [-0.25, -0.2) is 0 Å². The van der Waals surface area contributed by atoms with Crippen molar-refractivity contribution in [1.29, 1.82) is 0 Å². The monoisotopic (exact) mass is 420 g/mol. The van der Waals surface area contributed by atoms with Crippen LogP contribution in [0.4, 0.5) is 0 Å².